The van der Waals surface area contributed by atoms with Gasteiger partial charge >= 0.3 is 0 Å². The lowest BCUT2D eigenvalue weighted by Crippen LogP contribution is -2.32. The highest BCUT2D eigenvalue weighted by Gasteiger charge is 2.18. The van der Waals surface area contributed by atoms with Crippen LogP contribution in [-0.2, 0) is 14.8 Å². The van der Waals surface area contributed by atoms with E-state index in [1.54, 1.807) is 6.08 Å². The van der Waals surface area contributed by atoms with E-state index in [2.05, 4.69) is 25.3 Å². The fourth-order valence-electron chi connectivity index (χ4n) is 2.78. The molecule has 2 aromatic carbocycles. The van der Waals surface area contributed by atoms with Crippen LogP contribution in [0.5, 0.6) is 11.6 Å². The Morgan fingerprint density at radius 3 is 2.40 bits per heavy atom. The molecule has 0 saturated heterocycles. The van der Waals surface area contributed by atoms with Crippen molar-refractivity contribution in [2.45, 2.75) is 11.8 Å². The third-order valence-corrected chi connectivity index (χ3v) is 5.93. The van der Waals surface area contributed by atoms with E-state index in [4.69, 9.17) is 21.7 Å². The van der Waals surface area contributed by atoms with Crippen LogP contribution in [0.2, 0.25) is 0 Å². The fraction of sp³-hybridized carbons (Fsp3) is 0.130. The molecule has 1 amide bonds. The van der Waals surface area contributed by atoms with Crippen LogP contribution in [0.25, 0.3) is 6.08 Å². The molecule has 0 unspecified atom stereocenters. The number of thiocarbonyl (C=S) groups is 1. The molecule has 182 valence electrons. The number of benzene rings is 2. The highest BCUT2D eigenvalue weighted by atomic mass is 32.2. The molecular formula is C23H23N5O5S2. The number of methoxy groups -OCH3 is 1. The van der Waals surface area contributed by atoms with Crippen molar-refractivity contribution in [3.63, 3.8) is 0 Å². The number of rotatable bonds is 9. The van der Waals surface area contributed by atoms with Crippen molar-refractivity contribution in [1.29, 1.82) is 0 Å². The molecule has 3 aromatic rings. The summed E-state index contributed by atoms with van der Waals surface area (Å²) in [7, 11) is -2.57. The van der Waals surface area contributed by atoms with Gasteiger partial charge in [-0.15, -0.1) is 0 Å². The molecule has 3 N–H and O–H groups in total. The van der Waals surface area contributed by atoms with Crippen molar-refractivity contribution in [3.05, 3.63) is 72.6 Å². The summed E-state index contributed by atoms with van der Waals surface area (Å²) in [6.07, 6.45) is 5.73. The average Bonchev–Trinajstić information content (AvgIpc) is 2.84. The van der Waals surface area contributed by atoms with Crippen molar-refractivity contribution in [2.24, 2.45) is 0 Å². The van der Waals surface area contributed by atoms with Crippen LogP contribution in [0.1, 0.15) is 12.5 Å². The second-order valence-electron chi connectivity index (χ2n) is 6.82. The molecule has 0 spiro atoms. The number of hydrogen-bond donors (Lipinski definition) is 3. The Morgan fingerprint density at radius 2 is 1.74 bits per heavy atom. The molecule has 0 bridgehead atoms. The molecule has 0 fully saturated rings. The van der Waals surface area contributed by atoms with E-state index >= 15 is 0 Å². The zero-order valence-corrected chi connectivity index (χ0v) is 20.5. The monoisotopic (exact) mass is 513 g/mol. The van der Waals surface area contributed by atoms with Crippen LogP contribution in [0.15, 0.2) is 71.9 Å². The van der Waals surface area contributed by atoms with Crippen LogP contribution >= 0.6 is 12.2 Å². The molecule has 0 saturated carbocycles. The van der Waals surface area contributed by atoms with Gasteiger partial charge in [-0.05, 0) is 67.2 Å². The second-order valence-corrected chi connectivity index (χ2v) is 8.91. The Balaban J connectivity index is 1.55. The van der Waals surface area contributed by atoms with E-state index in [0.29, 0.717) is 12.3 Å². The van der Waals surface area contributed by atoms with E-state index in [1.807, 2.05) is 31.2 Å². The van der Waals surface area contributed by atoms with Gasteiger partial charge in [0.1, 0.15) is 5.75 Å². The maximum absolute atomic E-state index is 12.6. The minimum Gasteiger partial charge on any atom is -0.494 e. The quantitative estimate of drug-likeness (QED) is 0.291. The van der Waals surface area contributed by atoms with Gasteiger partial charge < -0.3 is 14.8 Å². The summed E-state index contributed by atoms with van der Waals surface area (Å²) in [6, 6.07) is 13.1. The number of carbonyl (C=O) groups is 1. The molecule has 0 radical (unpaired) electrons. The number of sulfonamides is 1. The number of amides is 1. The predicted molar refractivity (Wildman–Crippen MR) is 137 cm³/mol. The average molecular weight is 514 g/mol. The van der Waals surface area contributed by atoms with E-state index in [0.717, 1.165) is 11.3 Å². The summed E-state index contributed by atoms with van der Waals surface area (Å²) in [4.78, 5) is 20.0. The van der Waals surface area contributed by atoms with Crippen LogP contribution < -0.4 is 24.8 Å². The number of hydrogen-bond acceptors (Lipinski definition) is 8. The maximum atomic E-state index is 12.6. The molecule has 10 nitrogen and oxygen atoms in total. The molecule has 0 atom stereocenters. The Morgan fingerprint density at radius 1 is 1.06 bits per heavy atom. The molecule has 3 rings (SSSR count). The third kappa shape index (κ3) is 7.48. The molecule has 12 heteroatoms. The lowest BCUT2D eigenvalue weighted by molar-refractivity contribution is -0.115. The second kappa shape index (κ2) is 11.9. The van der Waals surface area contributed by atoms with Gasteiger partial charge in [0.05, 0.1) is 18.6 Å². The highest BCUT2D eigenvalue weighted by Crippen LogP contribution is 2.22. The normalized spacial score (nSPS) is 11.0. The van der Waals surface area contributed by atoms with Crippen LogP contribution in [-0.4, -0.2) is 43.1 Å². The van der Waals surface area contributed by atoms with Gasteiger partial charge in [0.2, 0.25) is 11.7 Å². The number of aromatic nitrogens is 2. The van der Waals surface area contributed by atoms with Crippen molar-refractivity contribution in [2.75, 3.05) is 23.8 Å². The topological polar surface area (TPSA) is 132 Å². The Bertz CT molecular complexity index is 1310. The maximum Gasteiger partial charge on any atom is 0.263 e. The van der Waals surface area contributed by atoms with E-state index < -0.39 is 15.9 Å². The smallest absolute Gasteiger partial charge is 0.263 e. The minimum absolute atomic E-state index is 0.0102. The summed E-state index contributed by atoms with van der Waals surface area (Å²) in [5.74, 6) is 0.353. The molecular weight excluding hydrogens is 490 g/mol. The van der Waals surface area contributed by atoms with Gasteiger partial charge in [-0.1, -0.05) is 12.1 Å². The zero-order valence-electron chi connectivity index (χ0n) is 18.9. The van der Waals surface area contributed by atoms with Gasteiger partial charge in [-0.2, -0.15) is 0 Å². The molecule has 1 aromatic heterocycles. The number of ether oxygens (including phenoxy) is 2. The summed E-state index contributed by atoms with van der Waals surface area (Å²) in [6.45, 7) is 2.48. The van der Waals surface area contributed by atoms with Crippen LogP contribution in [0, 0.1) is 0 Å². The number of carbonyl (C=O) groups excluding carboxylic acids is 1. The first-order valence-corrected chi connectivity index (χ1v) is 12.2. The van der Waals surface area contributed by atoms with Crippen LogP contribution in [0.3, 0.4) is 0 Å². The zero-order chi connectivity index (χ0) is 25.3. The first-order valence-electron chi connectivity index (χ1n) is 10.3. The number of anilines is 2. The molecule has 0 aliphatic carbocycles. The highest BCUT2D eigenvalue weighted by molar-refractivity contribution is 7.92. The molecule has 1 heterocycles. The number of nitrogens with zero attached hydrogens (tertiary/aromatic N) is 2. The fourth-order valence-corrected chi connectivity index (χ4v) is 4.00. The van der Waals surface area contributed by atoms with Crippen molar-refractivity contribution in [1.82, 2.24) is 15.3 Å². The van der Waals surface area contributed by atoms with E-state index in [1.165, 1.54) is 49.8 Å². The summed E-state index contributed by atoms with van der Waals surface area (Å²) in [5.41, 5.74) is 1.31. The summed E-state index contributed by atoms with van der Waals surface area (Å²) in [5, 5.41) is 5.42. The largest absolute Gasteiger partial charge is 0.494 e. The van der Waals surface area contributed by atoms with Gasteiger partial charge in [0.15, 0.2) is 5.11 Å². The Kier molecular flexibility index (Phi) is 8.70. The van der Waals surface area contributed by atoms with E-state index in [-0.39, 0.29) is 21.7 Å². The third-order valence-electron chi connectivity index (χ3n) is 4.37. The van der Waals surface area contributed by atoms with Crippen molar-refractivity contribution >= 4 is 50.8 Å². The Hall–Kier alpha value is -4.03. The SMILES string of the molecule is CCOc1ccc(/C=C/C(=O)NC(=S)Nc2ccc(S(=O)(=O)Nc3nccnc3OC)cc2)cc1. The van der Waals surface area contributed by atoms with Crippen molar-refractivity contribution in [3.8, 4) is 11.6 Å². The predicted octanol–water partition coefficient (Wildman–Crippen LogP) is 3.21. The van der Waals surface area contributed by atoms with Gasteiger partial charge in [0.25, 0.3) is 15.9 Å². The van der Waals surface area contributed by atoms with Gasteiger partial charge in [0, 0.05) is 24.2 Å². The first kappa shape index (κ1) is 25.6. The lowest BCUT2D eigenvalue weighted by atomic mass is 10.2. The summed E-state index contributed by atoms with van der Waals surface area (Å²) >= 11 is 5.16. The summed E-state index contributed by atoms with van der Waals surface area (Å²) < 4.78 is 38.0. The molecule has 0 aliphatic heterocycles. The molecule has 0 aliphatic rings. The molecule has 35 heavy (non-hydrogen) atoms. The number of nitrogens with one attached hydrogen (secondary N) is 3. The van der Waals surface area contributed by atoms with Gasteiger partial charge in [-0.25, -0.2) is 18.4 Å². The van der Waals surface area contributed by atoms with Crippen molar-refractivity contribution < 1.29 is 22.7 Å². The van der Waals surface area contributed by atoms with E-state index in [9.17, 15) is 13.2 Å². The minimum atomic E-state index is -3.93. The van der Waals surface area contributed by atoms with Gasteiger partial charge in [-0.3, -0.25) is 14.8 Å². The first-order chi connectivity index (χ1) is 16.8. The Labute approximate surface area is 208 Å². The van der Waals surface area contributed by atoms with Crippen LogP contribution in [0.4, 0.5) is 11.5 Å². The standard InChI is InChI=1S/C23H23N5O5S2/c1-3-33-18-9-4-16(5-10-18)6-13-20(29)27-23(34)26-17-7-11-19(12-8-17)35(30,31)28-21-22(32-2)25-15-14-24-21/h4-15H,3H2,1-2H3,(H,24,28)(H2,26,27,29,34)/b13-6+. The lowest BCUT2D eigenvalue weighted by Gasteiger charge is -2.11.